The summed E-state index contributed by atoms with van der Waals surface area (Å²) in [5.74, 6) is -0.625. The third-order valence-corrected chi connectivity index (χ3v) is 4.10. The van der Waals surface area contributed by atoms with Crippen LogP contribution in [0.1, 0.15) is 11.1 Å². The number of amides is 1. The van der Waals surface area contributed by atoms with Crippen LogP contribution in [0, 0.1) is 5.82 Å². The first kappa shape index (κ1) is 15.6. The summed E-state index contributed by atoms with van der Waals surface area (Å²) in [6, 6.07) is 13.3. The van der Waals surface area contributed by atoms with Gasteiger partial charge in [-0.1, -0.05) is 41.9 Å². The lowest BCUT2D eigenvalue weighted by atomic mass is 10.2. The fraction of sp³-hybridized carbons (Fsp3) is 0.0588. The predicted octanol–water partition coefficient (Wildman–Crippen LogP) is 3.74. The monoisotopic (exact) mass is 346 g/mol. The van der Waals surface area contributed by atoms with Gasteiger partial charge >= 0.3 is 0 Å². The van der Waals surface area contributed by atoms with Gasteiger partial charge in [-0.05, 0) is 47.6 Å². The molecule has 116 valence electrons. The molecule has 3 rings (SSSR count). The van der Waals surface area contributed by atoms with E-state index < -0.39 is 0 Å². The van der Waals surface area contributed by atoms with E-state index in [-0.39, 0.29) is 18.3 Å². The lowest BCUT2D eigenvalue weighted by Gasteiger charge is -2.14. The van der Waals surface area contributed by atoms with Crippen LogP contribution in [0.3, 0.4) is 0 Å². The molecule has 1 aliphatic heterocycles. The molecule has 1 heterocycles. The van der Waals surface area contributed by atoms with Gasteiger partial charge in [0.2, 0.25) is 0 Å². The lowest BCUT2D eigenvalue weighted by molar-refractivity contribution is -0.122. The number of rotatable bonds is 3. The van der Waals surface area contributed by atoms with Crippen LogP contribution in [-0.2, 0) is 11.3 Å². The number of benzene rings is 2. The fourth-order valence-corrected chi connectivity index (χ4v) is 2.73. The van der Waals surface area contributed by atoms with E-state index >= 15 is 0 Å². The van der Waals surface area contributed by atoms with Gasteiger partial charge in [0.05, 0.1) is 6.54 Å². The molecule has 0 radical (unpaired) electrons. The van der Waals surface area contributed by atoms with E-state index in [0.717, 1.165) is 5.56 Å². The Morgan fingerprint density at radius 2 is 2.00 bits per heavy atom. The van der Waals surface area contributed by atoms with Crippen LogP contribution in [0.25, 0.3) is 6.08 Å². The van der Waals surface area contributed by atoms with Crippen molar-refractivity contribution in [2.45, 2.75) is 6.54 Å². The Morgan fingerprint density at radius 1 is 1.22 bits per heavy atom. The smallest absolute Gasteiger partial charge is 0.276 e. The van der Waals surface area contributed by atoms with Crippen LogP contribution in [0.15, 0.2) is 54.2 Å². The highest BCUT2D eigenvalue weighted by atomic mass is 35.5. The van der Waals surface area contributed by atoms with Gasteiger partial charge in [-0.25, -0.2) is 4.39 Å². The number of carbonyl (C=O) groups is 1. The van der Waals surface area contributed by atoms with Gasteiger partial charge in [-0.15, -0.1) is 0 Å². The van der Waals surface area contributed by atoms with E-state index in [2.05, 4.69) is 5.32 Å². The molecule has 1 N–H and O–H groups in total. The molecule has 1 amide bonds. The molecule has 0 aliphatic carbocycles. The van der Waals surface area contributed by atoms with Crippen molar-refractivity contribution in [1.29, 1.82) is 0 Å². The van der Waals surface area contributed by atoms with Gasteiger partial charge in [-0.3, -0.25) is 9.69 Å². The zero-order chi connectivity index (χ0) is 16.4. The lowest BCUT2D eigenvalue weighted by Crippen LogP contribution is -2.30. The van der Waals surface area contributed by atoms with Crippen molar-refractivity contribution in [2.24, 2.45) is 0 Å². The van der Waals surface area contributed by atoms with Gasteiger partial charge in [0.25, 0.3) is 5.91 Å². The largest absolute Gasteiger partial charge is 0.328 e. The second kappa shape index (κ2) is 6.48. The van der Waals surface area contributed by atoms with Gasteiger partial charge in [0, 0.05) is 5.02 Å². The molecule has 0 aromatic heterocycles. The maximum Gasteiger partial charge on any atom is 0.276 e. The summed E-state index contributed by atoms with van der Waals surface area (Å²) in [6.45, 7) is 0.283. The number of nitrogens with one attached hydrogen (secondary N) is 1. The van der Waals surface area contributed by atoms with Crippen molar-refractivity contribution in [1.82, 2.24) is 10.2 Å². The highest BCUT2D eigenvalue weighted by Crippen LogP contribution is 2.21. The van der Waals surface area contributed by atoms with Crippen molar-refractivity contribution in [2.75, 3.05) is 0 Å². The predicted molar refractivity (Wildman–Crippen MR) is 92.1 cm³/mol. The van der Waals surface area contributed by atoms with E-state index in [4.69, 9.17) is 23.8 Å². The van der Waals surface area contributed by atoms with Gasteiger partial charge in [0.15, 0.2) is 5.11 Å². The number of thiocarbonyl (C=S) groups is 1. The van der Waals surface area contributed by atoms with E-state index in [0.29, 0.717) is 21.4 Å². The summed E-state index contributed by atoms with van der Waals surface area (Å²) in [7, 11) is 0. The summed E-state index contributed by atoms with van der Waals surface area (Å²) in [5.41, 5.74) is 1.70. The molecule has 3 nitrogen and oxygen atoms in total. The summed E-state index contributed by atoms with van der Waals surface area (Å²) in [4.78, 5) is 13.9. The minimum atomic E-state index is -0.361. The molecule has 1 aliphatic rings. The average Bonchev–Trinajstić information content (AvgIpc) is 2.77. The summed E-state index contributed by atoms with van der Waals surface area (Å²) >= 11 is 11.3. The Hall–Kier alpha value is -2.24. The van der Waals surface area contributed by atoms with Crippen LogP contribution in [-0.4, -0.2) is 15.9 Å². The molecule has 2 aromatic rings. The minimum Gasteiger partial charge on any atom is -0.328 e. The first-order valence-electron chi connectivity index (χ1n) is 6.88. The molecule has 0 bridgehead atoms. The summed E-state index contributed by atoms with van der Waals surface area (Å²) < 4.78 is 13.2. The number of hydrogen-bond donors (Lipinski definition) is 1. The van der Waals surface area contributed by atoms with E-state index in [9.17, 15) is 9.18 Å². The molecule has 1 saturated heterocycles. The van der Waals surface area contributed by atoms with Gasteiger partial charge in [-0.2, -0.15) is 0 Å². The Labute approximate surface area is 143 Å². The van der Waals surface area contributed by atoms with E-state index in [1.807, 2.05) is 18.2 Å². The molecule has 0 saturated carbocycles. The van der Waals surface area contributed by atoms with Crippen LogP contribution < -0.4 is 5.32 Å². The fourth-order valence-electron chi connectivity index (χ4n) is 2.28. The molecule has 0 unspecified atom stereocenters. The van der Waals surface area contributed by atoms with Crippen LogP contribution >= 0.6 is 23.8 Å². The molecular weight excluding hydrogens is 335 g/mol. The molecular formula is C17H12ClFN2OS. The molecule has 6 heteroatoms. The van der Waals surface area contributed by atoms with Gasteiger partial charge < -0.3 is 5.32 Å². The van der Waals surface area contributed by atoms with E-state index in [1.54, 1.807) is 24.3 Å². The molecule has 23 heavy (non-hydrogen) atoms. The first-order chi connectivity index (χ1) is 11.0. The maximum atomic E-state index is 13.2. The highest BCUT2D eigenvalue weighted by Gasteiger charge is 2.30. The molecule has 0 spiro atoms. The standard InChI is InChI=1S/C17H12ClFN2OS/c18-14-7-2-1-5-12(14)10-21-16(22)15(20-17(21)23)9-11-4-3-6-13(19)8-11/h1-9H,10H2,(H,20,23)/b15-9-. The van der Waals surface area contributed by atoms with Crippen LogP contribution in [0.2, 0.25) is 5.02 Å². The topological polar surface area (TPSA) is 32.3 Å². The third kappa shape index (κ3) is 3.41. The zero-order valence-electron chi connectivity index (χ0n) is 11.9. The zero-order valence-corrected chi connectivity index (χ0v) is 13.5. The Morgan fingerprint density at radius 3 is 2.74 bits per heavy atom. The second-order valence-electron chi connectivity index (χ2n) is 5.03. The van der Waals surface area contributed by atoms with Crippen molar-refractivity contribution in [3.63, 3.8) is 0 Å². The Balaban J connectivity index is 1.84. The van der Waals surface area contributed by atoms with Crippen molar-refractivity contribution < 1.29 is 9.18 Å². The normalized spacial score (nSPS) is 16.1. The van der Waals surface area contributed by atoms with Crippen molar-refractivity contribution in [3.8, 4) is 0 Å². The quantitative estimate of drug-likeness (QED) is 0.679. The first-order valence-corrected chi connectivity index (χ1v) is 7.67. The average molecular weight is 347 g/mol. The van der Waals surface area contributed by atoms with Gasteiger partial charge in [0.1, 0.15) is 11.5 Å². The highest BCUT2D eigenvalue weighted by molar-refractivity contribution is 7.80. The molecule has 0 atom stereocenters. The maximum absolute atomic E-state index is 13.2. The molecule has 1 fully saturated rings. The van der Waals surface area contributed by atoms with Crippen molar-refractivity contribution in [3.05, 3.63) is 76.2 Å². The number of carbonyl (C=O) groups excluding carboxylic acids is 1. The number of nitrogens with zero attached hydrogens (tertiary/aromatic N) is 1. The third-order valence-electron chi connectivity index (χ3n) is 3.41. The van der Waals surface area contributed by atoms with Crippen molar-refractivity contribution >= 4 is 40.9 Å². The summed E-state index contributed by atoms with van der Waals surface area (Å²) in [5, 5.41) is 3.74. The molecule has 2 aromatic carbocycles. The van der Waals surface area contributed by atoms with Crippen LogP contribution in [0.4, 0.5) is 4.39 Å². The van der Waals surface area contributed by atoms with Crippen LogP contribution in [0.5, 0.6) is 0 Å². The second-order valence-corrected chi connectivity index (χ2v) is 5.82. The Bertz CT molecular complexity index is 822. The summed E-state index contributed by atoms with van der Waals surface area (Å²) in [6.07, 6.45) is 1.57. The SMILES string of the molecule is O=C1/C(=C/c2cccc(F)c2)NC(=S)N1Cc1ccccc1Cl. The Kier molecular flexibility index (Phi) is 4.41. The van der Waals surface area contributed by atoms with E-state index in [1.165, 1.54) is 17.0 Å². The minimum absolute atomic E-state index is 0.265. The number of halogens is 2. The number of hydrogen-bond acceptors (Lipinski definition) is 2.